The Morgan fingerprint density at radius 3 is 1.43 bits per heavy atom. The van der Waals surface area contributed by atoms with Crippen LogP contribution in [0.4, 0.5) is 0 Å². The lowest BCUT2D eigenvalue weighted by molar-refractivity contribution is -0.254. The maximum absolute atomic E-state index is 12.6. The maximum Gasteiger partial charge on any atom is 0.303 e. The van der Waals surface area contributed by atoms with E-state index < -0.39 is 109 Å². The van der Waals surface area contributed by atoms with Crippen molar-refractivity contribution >= 4 is 41.8 Å². The molecule has 0 aliphatic carbocycles. The van der Waals surface area contributed by atoms with E-state index in [1.807, 2.05) is 0 Å². The zero-order valence-electron chi connectivity index (χ0n) is 35.8. The van der Waals surface area contributed by atoms with E-state index in [2.05, 4.69) is 0 Å². The Labute approximate surface area is 352 Å². The highest BCUT2D eigenvalue weighted by atomic mass is 16.7. The van der Waals surface area contributed by atoms with Crippen LogP contribution in [0.5, 0.6) is 17.2 Å². The van der Waals surface area contributed by atoms with Crippen molar-refractivity contribution in [1.82, 2.24) is 0 Å². The third-order valence-electron chi connectivity index (χ3n) is 9.60. The van der Waals surface area contributed by atoms with E-state index in [-0.39, 0.29) is 17.9 Å². The van der Waals surface area contributed by atoms with Crippen molar-refractivity contribution in [2.75, 3.05) is 27.9 Å². The van der Waals surface area contributed by atoms with Gasteiger partial charge < -0.3 is 56.8 Å². The number of methoxy groups -OCH3 is 3. The molecule has 0 spiro atoms. The Morgan fingerprint density at radius 1 is 0.492 bits per heavy atom. The Hall–Kier alpha value is -5.95. The quantitative estimate of drug-likeness (QED) is 0.185. The summed E-state index contributed by atoms with van der Waals surface area (Å²) in [7, 11) is 4.27. The highest BCUT2D eigenvalue weighted by Gasteiger charge is 2.54. The van der Waals surface area contributed by atoms with Crippen molar-refractivity contribution in [3.63, 3.8) is 0 Å². The van der Waals surface area contributed by atoms with E-state index in [1.165, 1.54) is 49.0 Å². The van der Waals surface area contributed by atoms with Crippen molar-refractivity contribution in [3.8, 4) is 17.2 Å². The van der Waals surface area contributed by atoms with Gasteiger partial charge in [0.05, 0.1) is 27.4 Å². The molecular weight excluding hydrogens is 808 g/mol. The van der Waals surface area contributed by atoms with Crippen LogP contribution >= 0.6 is 0 Å². The first kappa shape index (κ1) is 47.7. The molecule has 0 bridgehead atoms. The van der Waals surface area contributed by atoms with Gasteiger partial charge in [-0.25, -0.2) is 0 Å². The third-order valence-corrected chi connectivity index (χ3v) is 9.60. The first-order valence-corrected chi connectivity index (χ1v) is 19.2. The number of ether oxygens (including phenoxy) is 12. The summed E-state index contributed by atoms with van der Waals surface area (Å²) in [5.41, 5.74) is 1.90. The van der Waals surface area contributed by atoms with Crippen LogP contribution in [0.15, 0.2) is 30.3 Å². The van der Waals surface area contributed by atoms with Crippen LogP contribution in [0.25, 0.3) is 0 Å². The van der Waals surface area contributed by atoms with Crippen molar-refractivity contribution in [3.05, 3.63) is 52.6 Å². The number of rotatable bonds is 15. The molecule has 2 aliphatic heterocycles. The largest absolute Gasteiger partial charge is 0.496 e. The molecule has 0 aromatic heterocycles. The molecule has 19 nitrogen and oxygen atoms in total. The second kappa shape index (κ2) is 21.0. The van der Waals surface area contributed by atoms with Crippen molar-refractivity contribution in [2.45, 2.75) is 123 Å². The van der Waals surface area contributed by atoms with Crippen LogP contribution < -0.4 is 14.2 Å². The van der Waals surface area contributed by atoms with E-state index in [9.17, 15) is 33.6 Å². The summed E-state index contributed by atoms with van der Waals surface area (Å²) in [6.45, 7) is 9.31. The van der Waals surface area contributed by atoms with Gasteiger partial charge in [-0.15, -0.1) is 0 Å². The molecule has 2 aromatic rings. The predicted octanol–water partition coefficient (Wildman–Crippen LogP) is 3.36. The molecule has 19 heteroatoms. The first-order valence-electron chi connectivity index (χ1n) is 19.2. The summed E-state index contributed by atoms with van der Waals surface area (Å²) >= 11 is 0. The summed E-state index contributed by atoms with van der Waals surface area (Å²) in [6, 6.07) is 8.43. The van der Waals surface area contributed by atoms with Crippen LogP contribution in [-0.2, 0) is 82.6 Å². The molecule has 334 valence electrons. The average Bonchev–Trinajstić information content (AvgIpc) is 3.16. The van der Waals surface area contributed by atoms with Crippen molar-refractivity contribution < 1.29 is 90.4 Å². The number of benzene rings is 2. The molecule has 0 saturated carbocycles. The molecule has 0 unspecified atom stereocenters. The fourth-order valence-corrected chi connectivity index (χ4v) is 7.42. The summed E-state index contributed by atoms with van der Waals surface area (Å²) < 4.78 is 69.0. The number of carbonyl (C=O) groups excluding carboxylic acids is 7. The highest BCUT2D eigenvalue weighted by Crippen LogP contribution is 2.45. The second-order valence-electron chi connectivity index (χ2n) is 14.3. The van der Waals surface area contributed by atoms with Crippen LogP contribution in [0.1, 0.15) is 89.9 Å². The maximum atomic E-state index is 12.6. The molecule has 2 aliphatic rings. The standard InChI is InChI=1S/C42H52O19/c1-19-35(55-21(3)44)39(57-23(5)46)40(58-24(6)47)36(54-19)30-17-32(51-10)28(16-33(30)52-11)14-27-12-13-31(50-9)29(15-27)37-41(59-25(7)48)42(60-26(8)49)38(56-22(4)45)34(61-37)18-53-20(2)43/h12-13,15-17,19,34-42H,14,18H2,1-11H3/t19-,34+,35+,36+,37-,38-,39+,40+,41-,42-/m0/s1. The van der Waals surface area contributed by atoms with Gasteiger partial charge in [-0.1, -0.05) is 6.07 Å². The van der Waals surface area contributed by atoms with Crippen LogP contribution in [-0.4, -0.2) is 119 Å². The van der Waals surface area contributed by atoms with Crippen molar-refractivity contribution in [2.24, 2.45) is 0 Å². The second-order valence-corrected chi connectivity index (χ2v) is 14.3. The molecule has 0 radical (unpaired) electrons. The summed E-state index contributed by atoms with van der Waals surface area (Å²) in [5, 5.41) is 0. The fraction of sp³-hybridized carbons (Fsp3) is 0.548. The van der Waals surface area contributed by atoms with E-state index in [4.69, 9.17) is 56.8 Å². The van der Waals surface area contributed by atoms with E-state index in [1.54, 1.807) is 37.3 Å². The molecule has 10 atom stereocenters. The molecule has 4 rings (SSSR count). The minimum Gasteiger partial charge on any atom is -0.496 e. The first-order chi connectivity index (χ1) is 28.8. The zero-order chi connectivity index (χ0) is 45.3. The lowest BCUT2D eigenvalue weighted by Crippen LogP contribution is -2.59. The fourth-order valence-electron chi connectivity index (χ4n) is 7.42. The normalized spacial score (nSPS) is 25.8. The Kier molecular flexibility index (Phi) is 16.5. The lowest BCUT2D eigenvalue weighted by atomic mass is 9.88. The number of hydrogen-bond donors (Lipinski definition) is 0. The molecule has 2 heterocycles. The van der Waals surface area contributed by atoms with Crippen LogP contribution in [0, 0.1) is 0 Å². The number of esters is 7. The minimum absolute atomic E-state index is 0.169. The Bertz CT molecular complexity index is 1960. The van der Waals surface area contributed by atoms with Gasteiger partial charge in [0.15, 0.2) is 36.6 Å². The van der Waals surface area contributed by atoms with Crippen LogP contribution in [0.2, 0.25) is 0 Å². The number of hydrogen-bond acceptors (Lipinski definition) is 19. The summed E-state index contributed by atoms with van der Waals surface area (Å²) in [5.74, 6) is -4.20. The average molecular weight is 861 g/mol. The highest BCUT2D eigenvalue weighted by molar-refractivity contribution is 5.70. The Morgan fingerprint density at radius 2 is 0.934 bits per heavy atom. The lowest BCUT2D eigenvalue weighted by Gasteiger charge is -2.44. The van der Waals surface area contributed by atoms with Gasteiger partial charge in [-0.05, 0) is 36.8 Å². The molecule has 2 aromatic carbocycles. The van der Waals surface area contributed by atoms with Gasteiger partial charge in [-0.3, -0.25) is 33.6 Å². The van der Waals surface area contributed by atoms with Gasteiger partial charge in [0.1, 0.15) is 42.2 Å². The smallest absolute Gasteiger partial charge is 0.303 e. The van der Waals surface area contributed by atoms with E-state index >= 15 is 0 Å². The summed E-state index contributed by atoms with van der Waals surface area (Å²) in [6.07, 6.45) is -12.1. The summed E-state index contributed by atoms with van der Waals surface area (Å²) in [4.78, 5) is 86.0. The van der Waals surface area contributed by atoms with E-state index in [0.29, 0.717) is 28.0 Å². The molecular formula is C42H52O19. The third kappa shape index (κ3) is 12.1. The van der Waals surface area contributed by atoms with Gasteiger partial charge in [-0.2, -0.15) is 0 Å². The van der Waals surface area contributed by atoms with E-state index in [0.717, 1.165) is 20.8 Å². The van der Waals surface area contributed by atoms with Crippen molar-refractivity contribution in [1.29, 1.82) is 0 Å². The zero-order valence-corrected chi connectivity index (χ0v) is 35.8. The van der Waals surface area contributed by atoms with Gasteiger partial charge >= 0.3 is 41.8 Å². The van der Waals surface area contributed by atoms with Crippen LogP contribution in [0.3, 0.4) is 0 Å². The molecule has 2 saturated heterocycles. The SMILES string of the molecule is COc1cc([C@H]2O[C@@H](C)[C@@H](OC(C)=O)[C@@H](OC(C)=O)[C@@H]2OC(C)=O)c(OC)cc1Cc1ccc(OC)c([C@@H]2O[C@H](COC(C)=O)[C@H](OC(C)=O)[C@H](OC(C)=O)[C@H]2OC(C)=O)c1. The minimum atomic E-state index is -1.42. The monoisotopic (exact) mass is 860 g/mol. The Balaban J connectivity index is 1.83. The molecule has 0 amide bonds. The predicted molar refractivity (Wildman–Crippen MR) is 206 cm³/mol. The molecule has 0 N–H and O–H groups in total. The van der Waals surface area contributed by atoms with Gasteiger partial charge in [0, 0.05) is 71.6 Å². The molecule has 2 fully saturated rings. The topological polar surface area (TPSA) is 230 Å². The van der Waals surface area contributed by atoms with Gasteiger partial charge in [0.2, 0.25) is 0 Å². The van der Waals surface area contributed by atoms with Gasteiger partial charge in [0.25, 0.3) is 0 Å². The molecule has 61 heavy (non-hydrogen) atoms. The number of carbonyl (C=O) groups is 7.